The summed E-state index contributed by atoms with van der Waals surface area (Å²) in [6.07, 6.45) is 0.751. The van der Waals surface area contributed by atoms with Gasteiger partial charge >= 0.3 is 5.97 Å². The van der Waals surface area contributed by atoms with Gasteiger partial charge in [-0.25, -0.2) is 8.93 Å². The highest BCUT2D eigenvalue weighted by atomic mass is 32.2. The van der Waals surface area contributed by atoms with Crippen LogP contribution in [0.3, 0.4) is 0 Å². The molecule has 148 valence electrons. The highest BCUT2D eigenvalue weighted by molar-refractivity contribution is 7.84. The highest BCUT2D eigenvalue weighted by Crippen LogP contribution is 2.19. The first-order valence-corrected chi connectivity index (χ1v) is 10.2. The topological polar surface area (TPSA) is 64.6 Å². The Morgan fingerprint density at radius 2 is 1.73 bits per heavy atom. The second-order valence-corrected chi connectivity index (χ2v) is 9.98. The predicted molar refractivity (Wildman–Crippen MR) is 106 cm³/mol. The molecule has 0 aliphatic carbocycles. The molecule has 0 aliphatic heterocycles. The molecular weight excluding hydrogens is 350 g/mol. The number of benzene rings is 1. The quantitative estimate of drug-likeness (QED) is 0.658. The number of methoxy groups -OCH3 is 1. The molecule has 1 N–H and O–H groups in total. The Morgan fingerprint density at radius 1 is 1.15 bits per heavy atom. The molecule has 0 aliphatic rings. The molecule has 3 atom stereocenters. The van der Waals surface area contributed by atoms with E-state index in [-0.39, 0.29) is 29.3 Å². The molecule has 0 saturated heterocycles. The molecule has 0 spiro atoms. The molecule has 6 heteroatoms. The summed E-state index contributed by atoms with van der Waals surface area (Å²) in [5.41, 5.74) is 0.901. The Bertz CT molecular complexity index is 593. The Labute approximate surface area is 160 Å². The van der Waals surface area contributed by atoms with E-state index in [2.05, 4.69) is 18.6 Å². The molecule has 0 unspecified atom stereocenters. The minimum Gasteiger partial charge on any atom is -0.497 e. The van der Waals surface area contributed by atoms with Crippen LogP contribution in [0.4, 0.5) is 0 Å². The maximum Gasteiger partial charge on any atom is 0.310 e. The van der Waals surface area contributed by atoms with Gasteiger partial charge in [0, 0.05) is 6.04 Å². The smallest absolute Gasteiger partial charge is 0.310 e. The lowest BCUT2D eigenvalue weighted by atomic mass is 9.94. The van der Waals surface area contributed by atoms with Gasteiger partial charge in [-0.1, -0.05) is 32.9 Å². The zero-order chi connectivity index (χ0) is 19.9. The van der Waals surface area contributed by atoms with E-state index in [1.54, 1.807) is 7.11 Å². The van der Waals surface area contributed by atoms with E-state index in [4.69, 9.17) is 9.47 Å². The Kier molecular flexibility index (Phi) is 8.77. The summed E-state index contributed by atoms with van der Waals surface area (Å²) < 4.78 is 25.8. The molecule has 1 rings (SSSR count). The molecule has 0 saturated carbocycles. The molecule has 0 heterocycles. The van der Waals surface area contributed by atoms with E-state index in [9.17, 15) is 9.00 Å². The summed E-state index contributed by atoms with van der Waals surface area (Å²) in [6.45, 7) is 12.0. The van der Waals surface area contributed by atoms with Gasteiger partial charge in [-0.15, -0.1) is 0 Å². The SMILES string of the molecule is COc1ccc(COC(=O)[C@@H](C)[C@@H](CC(C)C)N[S@](=O)C(C)(C)C)cc1. The molecule has 0 aromatic heterocycles. The average molecular weight is 384 g/mol. The van der Waals surface area contributed by atoms with Crippen LogP contribution in [0.5, 0.6) is 5.75 Å². The van der Waals surface area contributed by atoms with E-state index in [1.165, 1.54) is 0 Å². The van der Waals surface area contributed by atoms with Crippen LogP contribution in [0.1, 0.15) is 53.5 Å². The van der Waals surface area contributed by atoms with Gasteiger partial charge in [0.2, 0.25) is 0 Å². The third-order valence-electron chi connectivity index (χ3n) is 4.06. The van der Waals surface area contributed by atoms with Crippen molar-refractivity contribution in [2.75, 3.05) is 7.11 Å². The molecule has 0 bridgehead atoms. The highest BCUT2D eigenvalue weighted by Gasteiger charge is 2.30. The summed E-state index contributed by atoms with van der Waals surface area (Å²) in [6, 6.07) is 7.22. The maximum absolute atomic E-state index is 12.5. The van der Waals surface area contributed by atoms with Gasteiger partial charge in [-0.2, -0.15) is 0 Å². The first-order chi connectivity index (χ1) is 12.0. The van der Waals surface area contributed by atoms with Crippen molar-refractivity contribution in [1.82, 2.24) is 4.72 Å². The first kappa shape index (κ1) is 22.6. The third kappa shape index (κ3) is 7.46. The van der Waals surface area contributed by atoms with Crippen molar-refractivity contribution in [2.45, 2.75) is 65.4 Å². The van der Waals surface area contributed by atoms with Crippen LogP contribution in [0.2, 0.25) is 0 Å². The van der Waals surface area contributed by atoms with Crippen molar-refractivity contribution in [1.29, 1.82) is 0 Å². The number of hydrogen-bond donors (Lipinski definition) is 1. The summed E-state index contributed by atoms with van der Waals surface area (Å²) in [5.74, 6) is 0.465. The van der Waals surface area contributed by atoms with E-state index in [0.717, 1.165) is 17.7 Å². The molecule has 5 nitrogen and oxygen atoms in total. The minimum absolute atomic E-state index is 0.196. The fraction of sp³-hybridized carbons (Fsp3) is 0.650. The summed E-state index contributed by atoms with van der Waals surface area (Å²) in [5, 5.41) is 0. The second kappa shape index (κ2) is 10.1. The van der Waals surface area contributed by atoms with Crippen LogP contribution in [0.25, 0.3) is 0 Å². The van der Waals surface area contributed by atoms with Gasteiger partial charge in [0.15, 0.2) is 0 Å². The standard InChI is InChI=1S/C20H33NO4S/c1-14(2)12-18(21-26(23)20(4,5)6)15(3)19(22)25-13-16-8-10-17(24-7)11-9-16/h8-11,14-15,18,21H,12-13H2,1-7H3/t15-,18+,26+/m0/s1. The molecule has 0 fully saturated rings. The van der Waals surface area contributed by atoms with Crippen LogP contribution in [0, 0.1) is 11.8 Å². The first-order valence-electron chi connectivity index (χ1n) is 9.02. The normalized spacial score (nSPS) is 15.4. The Balaban J connectivity index is 2.70. The van der Waals surface area contributed by atoms with Gasteiger partial charge in [0.25, 0.3) is 0 Å². The lowest BCUT2D eigenvalue weighted by Gasteiger charge is -2.28. The summed E-state index contributed by atoms with van der Waals surface area (Å²) in [7, 11) is 0.375. The molecule has 0 radical (unpaired) electrons. The third-order valence-corrected chi connectivity index (χ3v) is 5.68. The lowest BCUT2D eigenvalue weighted by molar-refractivity contribution is -0.150. The van der Waals surface area contributed by atoms with E-state index >= 15 is 0 Å². The van der Waals surface area contributed by atoms with Crippen molar-refractivity contribution in [3.63, 3.8) is 0 Å². The van der Waals surface area contributed by atoms with Crippen LogP contribution in [-0.2, 0) is 27.1 Å². The van der Waals surface area contributed by atoms with Crippen molar-refractivity contribution < 1.29 is 18.5 Å². The van der Waals surface area contributed by atoms with Crippen LogP contribution in [0.15, 0.2) is 24.3 Å². The van der Waals surface area contributed by atoms with E-state index < -0.39 is 11.0 Å². The summed E-state index contributed by atoms with van der Waals surface area (Å²) in [4.78, 5) is 12.5. The van der Waals surface area contributed by atoms with Gasteiger partial charge in [0.1, 0.15) is 12.4 Å². The largest absolute Gasteiger partial charge is 0.497 e. The van der Waals surface area contributed by atoms with Crippen molar-refractivity contribution in [3.05, 3.63) is 29.8 Å². The molecule has 0 amide bonds. The van der Waals surface area contributed by atoms with Crippen molar-refractivity contribution in [2.24, 2.45) is 11.8 Å². The van der Waals surface area contributed by atoms with E-state index in [1.807, 2.05) is 52.0 Å². The van der Waals surface area contributed by atoms with Crippen molar-refractivity contribution in [3.8, 4) is 5.75 Å². The minimum atomic E-state index is -1.24. The fourth-order valence-electron chi connectivity index (χ4n) is 2.35. The number of nitrogens with one attached hydrogen (secondary N) is 1. The van der Waals surface area contributed by atoms with Gasteiger partial charge in [-0.05, 0) is 50.8 Å². The molecular formula is C20H33NO4S. The fourth-order valence-corrected chi connectivity index (χ4v) is 3.28. The zero-order valence-corrected chi connectivity index (χ0v) is 17.8. The molecule has 1 aromatic carbocycles. The average Bonchev–Trinajstić information content (AvgIpc) is 2.57. The number of esters is 1. The van der Waals surface area contributed by atoms with Gasteiger partial charge < -0.3 is 9.47 Å². The van der Waals surface area contributed by atoms with Crippen LogP contribution >= 0.6 is 0 Å². The lowest BCUT2D eigenvalue weighted by Crippen LogP contribution is -2.45. The number of rotatable bonds is 9. The summed E-state index contributed by atoms with van der Waals surface area (Å²) >= 11 is 0. The van der Waals surface area contributed by atoms with Gasteiger partial charge in [-0.3, -0.25) is 4.79 Å². The van der Waals surface area contributed by atoms with Gasteiger partial charge in [0.05, 0.1) is 28.8 Å². The van der Waals surface area contributed by atoms with Crippen molar-refractivity contribution >= 4 is 17.0 Å². The number of carbonyl (C=O) groups excluding carboxylic acids is 1. The number of ether oxygens (including phenoxy) is 2. The monoisotopic (exact) mass is 383 g/mol. The van der Waals surface area contributed by atoms with Crippen LogP contribution < -0.4 is 9.46 Å². The Morgan fingerprint density at radius 3 is 2.19 bits per heavy atom. The predicted octanol–water partition coefficient (Wildman–Crippen LogP) is 3.84. The zero-order valence-electron chi connectivity index (χ0n) is 17.0. The number of hydrogen-bond acceptors (Lipinski definition) is 4. The molecule has 26 heavy (non-hydrogen) atoms. The Hall–Kier alpha value is -1.40. The van der Waals surface area contributed by atoms with E-state index in [0.29, 0.717) is 5.92 Å². The van der Waals surface area contributed by atoms with Crippen LogP contribution in [-0.4, -0.2) is 28.1 Å². The number of carbonyl (C=O) groups is 1. The second-order valence-electron chi connectivity index (χ2n) is 7.98. The maximum atomic E-state index is 12.5. The molecule has 1 aromatic rings.